The number of para-hydroxylation sites is 1. The number of sulfonamides is 1. The van der Waals surface area contributed by atoms with Gasteiger partial charge in [0, 0.05) is 6.54 Å². The van der Waals surface area contributed by atoms with Crippen molar-refractivity contribution in [3.8, 4) is 0 Å². The van der Waals surface area contributed by atoms with Crippen molar-refractivity contribution in [2.45, 2.75) is 24.2 Å². The molecule has 0 aromatic heterocycles. The molecule has 0 heterocycles. The third kappa shape index (κ3) is 2.95. The molecule has 0 amide bonds. The zero-order valence-electron chi connectivity index (χ0n) is 9.32. The highest BCUT2D eigenvalue weighted by Gasteiger charge is 2.23. The standard InChI is InChI=1S/C11H15FN2O2S/c12-9-2-1-3-10(11(9)13)17(15,16)14-7-6-8-4-5-8/h1-3,8,14H,4-7,13H2. The second kappa shape index (κ2) is 4.62. The Morgan fingerprint density at radius 1 is 1.41 bits per heavy atom. The average Bonchev–Trinajstić information content (AvgIpc) is 3.05. The van der Waals surface area contributed by atoms with Gasteiger partial charge < -0.3 is 5.73 Å². The fraction of sp³-hybridized carbons (Fsp3) is 0.455. The molecule has 94 valence electrons. The maximum atomic E-state index is 13.2. The molecular weight excluding hydrogens is 243 g/mol. The number of anilines is 1. The Labute approximate surface area is 100 Å². The van der Waals surface area contributed by atoms with Crippen LogP contribution < -0.4 is 10.5 Å². The first-order chi connectivity index (χ1) is 8.00. The molecule has 1 aliphatic rings. The van der Waals surface area contributed by atoms with E-state index in [1.807, 2.05) is 0 Å². The molecule has 0 aliphatic heterocycles. The Morgan fingerprint density at radius 3 is 2.76 bits per heavy atom. The van der Waals surface area contributed by atoms with E-state index in [0.717, 1.165) is 12.5 Å². The minimum Gasteiger partial charge on any atom is -0.395 e. The Kier molecular flexibility index (Phi) is 3.35. The predicted octanol–water partition coefficient (Wildman–Crippen LogP) is 1.49. The van der Waals surface area contributed by atoms with Crippen molar-refractivity contribution >= 4 is 15.7 Å². The number of hydrogen-bond acceptors (Lipinski definition) is 3. The van der Waals surface area contributed by atoms with E-state index in [0.29, 0.717) is 12.5 Å². The van der Waals surface area contributed by atoms with Gasteiger partial charge in [0.1, 0.15) is 10.7 Å². The van der Waals surface area contributed by atoms with Gasteiger partial charge in [-0.1, -0.05) is 18.9 Å². The third-order valence-electron chi connectivity index (χ3n) is 2.84. The average molecular weight is 258 g/mol. The molecule has 1 aliphatic carbocycles. The van der Waals surface area contributed by atoms with Crippen molar-refractivity contribution in [2.24, 2.45) is 5.92 Å². The van der Waals surface area contributed by atoms with Gasteiger partial charge in [-0.3, -0.25) is 0 Å². The maximum Gasteiger partial charge on any atom is 0.242 e. The summed E-state index contributed by atoms with van der Waals surface area (Å²) in [4.78, 5) is -0.187. The van der Waals surface area contributed by atoms with Crippen LogP contribution in [0.3, 0.4) is 0 Å². The lowest BCUT2D eigenvalue weighted by molar-refractivity contribution is 0.573. The SMILES string of the molecule is Nc1c(F)cccc1S(=O)(=O)NCCC1CC1. The highest BCUT2D eigenvalue weighted by atomic mass is 32.2. The first-order valence-electron chi connectivity index (χ1n) is 5.54. The van der Waals surface area contributed by atoms with E-state index in [1.165, 1.54) is 25.0 Å². The van der Waals surface area contributed by atoms with Gasteiger partial charge in [-0.25, -0.2) is 17.5 Å². The quantitative estimate of drug-likeness (QED) is 0.786. The lowest BCUT2D eigenvalue weighted by Crippen LogP contribution is -2.26. The first kappa shape index (κ1) is 12.3. The van der Waals surface area contributed by atoms with Crippen molar-refractivity contribution in [1.29, 1.82) is 0 Å². The molecule has 0 bridgehead atoms. The molecule has 1 aromatic rings. The van der Waals surface area contributed by atoms with Crippen LogP contribution in [0.1, 0.15) is 19.3 Å². The minimum atomic E-state index is -3.70. The van der Waals surface area contributed by atoms with Crippen LogP contribution in [0.25, 0.3) is 0 Å². The smallest absolute Gasteiger partial charge is 0.242 e. The fourth-order valence-electron chi connectivity index (χ4n) is 1.63. The zero-order valence-corrected chi connectivity index (χ0v) is 10.1. The second-order valence-electron chi connectivity index (χ2n) is 4.28. The summed E-state index contributed by atoms with van der Waals surface area (Å²) in [7, 11) is -3.70. The van der Waals surface area contributed by atoms with Crippen LogP contribution in [0.4, 0.5) is 10.1 Å². The number of nitrogens with two attached hydrogens (primary N) is 1. The number of hydrogen-bond donors (Lipinski definition) is 2. The molecule has 1 aromatic carbocycles. The van der Waals surface area contributed by atoms with Crippen LogP contribution in [-0.4, -0.2) is 15.0 Å². The normalized spacial score (nSPS) is 16.1. The molecule has 3 N–H and O–H groups in total. The Balaban J connectivity index is 2.09. The molecule has 1 saturated carbocycles. The molecule has 0 atom stereocenters. The Hall–Kier alpha value is -1.14. The maximum absolute atomic E-state index is 13.2. The third-order valence-corrected chi connectivity index (χ3v) is 4.36. The van der Waals surface area contributed by atoms with Gasteiger partial charge in [-0.15, -0.1) is 0 Å². The van der Waals surface area contributed by atoms with Crippen LogP contribution in [-0.2, 0) is 10.0 Å². The Morgan fingerprint density at radius 2 is 2.12 bits per heavy atom. The second-order valence-corrected chi connectivity index (χ2v) is 6.02. The van der Waals surface area contributed by atoms with E-state index in [2.05, 4.69) is 4.72 Å². The molecule has 17 heavy (non-hydrogen) atoms. The van der Waals surface area contributed by atoms with Crippen molar-refractivity contribution in [2.75, 3.05) is 12.3 Å². The topological polar surface area (TPSA) is 72.2 Å². The number of halogens is 1. The van der Waals surface area contributed by atoms with E-state index >= 15 is 0 Å². The molecule has 4 nitrogen and oxygen atoms in total. The van der Waals surface area contributed by atoms with Crippen molar-refractivity contribution < 1.29 is 12.8 Å². The van der Waals surface area contributed by atoms with E-state index in [4.69, 9.17) is 5.73 Å². The summed E-state index contributed by atoms with van der Waals surface area (Å²) >= 11 is 0. The van der Waals surface area contributed by atoms with E-state index in [1.54, 1.807) is 0 Å². The molecule has 0 saturated heterocycles. The van der Waals surface area contributed by atoms with Gasteiger partial charge in [-0.05, 0) is 24.5 Å². The van der Waals surface area contributed by atoms with Gasteiger partial charge in [-0.2, -0.15) is 0 Å². The van der Waals surface area contributed by atoms with Crippen molar-refractivity contribution in [3.05, 3.63) is 24.0 Å². The monoisotopic (exact) mass is 258 g/mol. The summed E-state index contributed by atoms with van der Waals surface area (Å²) in [5.74, 6) is -0.0716. The van der Waals surface area contributed by atoms with Gasteiger partial charge in [0.2, 0.25) is 10.0 Å². The molecular formula is C11H15FN2O2S. The fourth-order valence-corrected chi connectivity index (χ4v) is 2.82. The van der Waals surface area contributed by atoms with E-state index in [-0.39, 0.29) is 10.6 Å². The molecule has 6 heteroatoms. The number of nitrogens with one attached hydrogen (secondary N) is 1. The predicted molar refractivity (Wildman–Crippen MR) is 63.3 cm³/mol. The van der Waals surface area contributed by atoms with Crippen molar-refractivity contribution in [3.63, 3.8) is 0 Å². The molecule has 2 rings (SSSR count). The van der Waals surface area contributed by atoms with Crippen LogP contribution in [0, 0.1) is 11.7 Å². The van der Waals surface area contributed by atoms with Gasteiger partial charge in [0.15, 0.2) is 0 Å². The van der Waals surface area contributed by atoms with Crippen molar-refractivity contribution in [1.82, 2.24) is 4.72 Å². The van der Waals surface area contributed by atoms with Crippen LogP contribution >= 0.6 is 0 Å². The Bertz CT molecular complexity index is 512. The highest BCUT2D eigenvalue weighted by Crippen LogP contribution is 2.32. The number of nitrogen functional groups attached to an aromatic ring is 1. The molecule has 0 unspecified atom stereocenters. The lowest BCUT2D eigenvalue weighted by Gasteiger charge is -2.09. The molecule has 0 spiro atoms. The van der Waals surface area contributed by atoms with Gasteiger partial charge in [0.25, 0.3) is 0 Å². The van der Waals surface area contributed by atoms with Crippen LogP contribution in [0.15, 0.2) is 23.1 Å². The van der Waals surface area contributed by atoms with Crippen LogP contribution in [0.5, 0.6) is 0 Å². The zero-order chi connectivity index (χ0) is 12.5. The van der Waals surface area contributed by atoms with Gasteiger partial charge in [0.05, 0.1) is 5.69 Å². The minimum absolute atomic E-state index is 0.187. The lowest BCUT2D eigenvalue weighted by atomic mass is 10.3. The summed E-state index contributed by atoms with van der Waals surface area (Å²) in [6.07, 6.45) is 3.17. The molecule has 0 radical (unpaired) electrons. The van der Waals surface area contributed by atoms with Crippen LogP contribution in [0.2, 0.25) is 0 Å². The highest BCUT2D eigenvalue weighted by molar-refractivity contribution is 7.89. The van der Waals surface area contributed by atoms with E-state index in [9.17, 15) is 12.8 Å². The summed E-state index contributed by atoms with van der Waals surface area (Å²) in [5.41, 5.74) is 5.09. The number of rotatable bonds is 5. The summed E-state index contributed by atoms with van der Waals surface area (Å²) in [6, 6.07) is 3.78. The summed E-state index contributed by atoms with van der Waals surface area (Å²) in [5, 5.41) is 0. The van der Waals surface area contributed by atoms with E-state index < -0.39 is 15.8 Å². The first-order valence-corrected chi connectivity index (χ1v) is 7.02. The summed E-state index contributed by atoms with van der Waals surface area (Å²) in [6.45, 7) is 0.378. The summed E-state index contributed by atoms with van der Waals surface area (Å²) < 4.78 is 39.3. The van der Waals surface area contributed by atoms with Gasteiger partial charge >= 0.3 is 0 Å². The number of benzene rings is 1. The molecule has 1 fully saturated rings. The largest absolute Gasteiger partial charge is 0.395 e.